The van der Waals surface area contributed by atoms with Crippen molar-refractivity contribution in [2.75, 3.05) is 0 Å². The Morgan fingerprint density at radius 1 is 1.57 bits per heavy atom. The van der Waals surface area contributed by atoms with Gasteiger partial charge in [0.1, 0.15) is 5.82 Å². The second-order valence-electron chi connectivity index (χ2n) is 3.38. The minimum absolute atomic E-state index is 0.269. The molecule has 2 aromatic rings. The number of hydrogen-bond donors (Lipinski definition) is 1. The van der Waals surface area contributed by atoms with Gasteiger partial charge in [-0.2, -0.15) is 5.10 Å². The molecule has 1 atom stereocenters. The molecule has 0 fully saturated rings. The van der Waals surface area contributed by atoms with E-state index in [0.29, 0.717) is 6.54 Å². The van der Waals surface area contributed by atoms with Gasteiger partial charge in [-0.15, -0.1) is 0 Å². The van der Waals surface area contributed by atoms with E-state index in [1.165, 1.54) is 12.1 Å². The van der Waals surface area contributed by atoms with Crippen molar-refractivity contribution in [2.24, 2.45) is 0 Å². The van der Waals surface area contributed by atoms with Gasteiger partial charge in [-0.1, -0.05) is 0 Å². The third-order valence-electron chi connectivity index (χ3n) is 2.04. The summed E-state index contributed by atoms with van der Waals surface area (Å²) in [6, 6.07) is 4.49. The van der Waals surface area contributed by atoms with Crippen LogP contribution in [0.5, 0.6) is 0 Å². The van der Waals surface area contributed by atoms with E-state index in [0.717, 1.165) is 10.9 Å². The molecule has 0 aliphatic carbocycles. The molecule has 0 saturated heterocycles. The quantitative estimate of drug-likeness (QED) is 0.787. The molecule has 3 nitrogen and oxygen atoms in total. The van der Waals surface area contributed by atoms with Crippen LogP contribution in [0.1, 0.15) is 6.92 Å². The molecule has 0 bridgehead atoms. The fraction of sp³-hybridized carbons (Fsp3) is 0.300. The molecule has 1 aromatic carbocycles. The zero-order chi connectivity index (χ0) is 10.1. The fourth-order valence-electron chi connectivity index (χ4n) is 1.45. The fourth-order valence-corrected chi connectivity index (χ4v) is 1.45. The number of nitrogens with zero attached hydrogens (tertiary/aromatic N) is 2. The van der Waals surface area contributed by atoms with Crippen molar-refractivity contribution in [3.8, 4) is 0 Å². The van der Waals surface area contributed by atoms with Crippen molar-refractivity contribution >= 4 is 10.9 Å². The number of fused-ring (bicyclic) bond motifs is 1. The minimum Gasteiger partial charge on any atom is -0.391 e. The Bertz CT molecular complexity index is 450. The van der Waals surface area contributed by atoms with Gasteiger partial charge in [0.15, 0.2) is 0 Å². The minimum atomic E-state index is -0.455. The predicted octanol–water partition coefficient (Wildman–Crippen LogP) is 1.56. The van der Waals surface area contributed by atoms with E-state index >= 15 is 0 Å². The van der Waals surface area contributed by atoms with Gasteiger partial charge in [0.05, 0.1) is 24.4 Å². The van der Waals surface area contributed by atoms with E-state index < -0.39 is 6.10 Å². The van der Waals surface area contributed by atoms with Gasteiger partial charge in [0, 0.05) is 5.39 Å². The molecule has 0 spiro atoms. The van der Waals surface area contributed by atoms with Crippen LogP contribution in [0.4, 0.5) is 4.39 Å². The zero-order valence-corrected chi connectivity index (χ0v) is 7.81. The van der Waals surface area contributed by atoms with Crippen molar-refractivity contribution in [3.05, 3.63) is 30.2 Å². The van der Waals surface area contributed by atoms with Crippen LogP contribution in [0.3, 0.4) is 0 Å². The molecule has 1 heterocycles. The van der Waals surface area contributed by atoms with Crippen LogP contribution < -0.4 is 0 Å². The summed E-state index contributed by atoms with van der Waals surface area (Å²) in [5, 5.41) is 14.0. The molecule has 0 aliphatic heterocycles. The lowest BCUT2D eigenvalue weighted by molar-refractivity contribution is 0.170. The van der Waals surface area contributed by atoms with Crippen LogP contribution in [-0.4, -0.2) is 21.0 Å². The molecule has 14 heavy (non-hydrogen) atoms. The number of rotatable bonds is 2. The largest absolute Gasteiger partial charge is 0.391 e. The van der Waals surface area contributed by atoms with Gasteiger partial charge in [-0.05, 0) is 25.1 Å². The van der Waals surface area contributed by atoms with Gasteiger partial charge in [0.25, 0.3) is 0 Å². The number of aliphatic hydroxyl groups excluding tert-OH is 1. The van der Waals surface area contributed by atoms with Gasteiger partial charge < -0.3 is 5.11 Å². The second-order valence-corrected chi connectivity index (χ2v) is 3.38. The summed E-state index contributed by atoms with van der Waals surface area (Å²) < 4.78 is 14.5. The standard InChI is InChI=1S/C10H11FN2O/c1-7(14)6-13-10-3-2-9(11)4-8(10)5-12-13/h2-5,7,14H,6H2,1H3/t7-/m0/s1. The summed E-state index contributed by atoms with van der Waals surface area (Å²) >= 11 is 0. The predicted molar refractivity (Wildman–Crippen MR) is 51.4 cm³/mol. The Morgan fingerprint density at radius 2 is 2.36 bits per heavy atom. The normalized spacial score (nSPS) is 13.4. The summed E-state index contributed by atoms with van der Waals surface area (Å²) in [6.07, 6.45) is 1.14. The first-order valence-electron chi connectivity index (χ1n) is 4.46. The summed E-state index contributed by atoms with van der Waals surface area (Å²) in [5.41, 5.74) is 0.840. The molecule has 2 rings (SSSR count). The van der Waals surface area contributed by atoms with Crippen molar-refractivity contribution in [1.82, 2.24) is 9.78 Å². The number of benzene rings is 1. The van der Waals surface area contributed by atoms with E-state index in [-0.39, 0.29) is 5.82 Å². The van der Waals surface area contributed by atoms with Crippen molar-refractivity contribution in [1.29, 1.82) is 0 Å². The van der Waals surface area contributed by atoms with E-state index in [1.807, 2.05) is 0 Å². The molecule has 74 valence electrons. The Labute approximate surface area is 80.8 Å². The van der Waals surface area contributed by atoms with Crippen LogP contribution in [0, 0.1) is 5.82 Å². The zero-order valence-electron chi connectivity index (χ0n) is 7.81. The van der Waals surface area contributed by atoms with E-state index in [9.17, 15) is 9.50 Å². The molecule has 0 unspecified atom stereocenters. The topological polar surface area (TPSA) is 38.0 Å². The van der Waals surface area contributed by atoms with Gasteiger partial charge in [0.2, 0.25) is 0 Å². The number of aromatic nitrogens is 2. The lowest BCUT2D eigenvalue weighted by Gasteiger charge is -2.05. The molecule has 0 radical (unpaired) electrons. The SMILES string of the molecule is C[C@H](O)Cn1ncc2cc(F)ccc21. The summed E-state index contributed by atoms with van der Waals surface area (Å²) in [5.74, 6) is -0.269. The number of aliphatic hydroxyl groups is 1. The average molecular weight is 194 g/mol. The Balaban J connectivity index is 2.47. The van der Waals surface area contributed by atoms with E-state index in [2.05, 4.69) is 5.10 Å². The highest BCUT2D eigenvalue weighted by molar-refractivity contribution is 5.78. The first-order valence-corrected chi connectivity index (χ1v) is 4.46. The molecular formula is C10H11FN2O. The molecule has 0 amide bonds. The molecule has 0 saturated carbocycles. The summed E-state index contributed by atoms with van der Waals surface area (Å²) in [6.45, 7) is 2.12. The van der Waals surface area contributed by atoms with Gasteiger partial charge in [-0.25, -0.2) is 4.39 Å². The van der Waals surface area contributed by atoms with Crippen LogP contribution >= 0.6 is 0 Å². The summed E-state index contributed by atoms with van der Waals surface area (Å²) in [7, 11) is 0. The van der Waals surface area contributed by atoms with Crippen molar-refractivity contribution in [2.45, 2.75) is 19.6 Å². The molecular weight excluding hydrogens is 183 g/mol. The van der Waals surface area contributed by atoms with Crippen molar-refractivity contribution < 1.29 is 9.50 Å². The summed E-state index contributed by atoms with van der Waals surface area (Å²) in [4.78, 5) is 0. The van der Waals surface area contributed by atoms with Crippen LogP contribution in [0.2, 0.25) is 0 Å². The number of halogens is 1. The van der Waals surface area contributed by atoms with Crippen LogP contribution in [0.25, 0.3) is 10.9 Å². The molecule has 1 N–H and O–H groups in total. The highest BCUT2D eigenvalue weighted by Gasteiger charge is 2.05. The molecule has 1 aromatic heterocycles. The third-order valence-corrected chi connectivity index (χ3v) is 2.04. The van der Waals surface area contributed by atoms with Crippen LogP contribution in [0.15, 0.2) is 24.4 Å². The highest BCUT2D eigenvalue weighted by atomic mass is 19.1. The molecule has 0 aliphatic rings. The Morgan fingerprint density at radius 3 is 3.07 bits per heavy atom. The second kappa shape index (κ2) is 3.38. The average Bonchev–Trinajstić information content (AvgIpc) is 2.47. The van der Waals surface area contributed by atoms with Crippen molar-refractivity contribution in [3.63, 3.8) is 0 Å². The maximum absolute atomic E-state index is 12.8. The number of hydrogen-bond acceptors (Lipinski definition) is 2. The molecule has 4 heteroatoms. The van der Waals surface area contributed by atoms with Crippen LogP contribution in [-0.2, 0) is 6.54 Å². The Kier molecular flexibility index (Phi) is 2.21. The lowest BCUT2D eigenvalue weighted by Crippen LogP contribution is -2.12. The maximum atomic E-state index is 12.8. The first kappa shape index (κ1) is 9.15. The smallest absolute Gasteiger partial charge is 0.124 e. The van der Waals surface area contributed by atoms with Gasteiger partial charge in [-0.3, -0.25) is 4.68 Å². The lowest BCUT2D eigenvalue weighted by atomic mass is 10.2. The monoisotopic (exact) mass is 194 g/mol. The maximum Gasteiger partial charge on any atom is 0.124 e. The van der Waals surface area contributed by atoms with Gasteiger partial charge >= 0.3 is 0 Å². The first-order chi connectivity index (χ1) is 6.66. The Hall–Kier alpha value is -1.42. The highest BCUT2D eigenvalue weighted by Crippen LogP contribution is 2.15. The van der Waals surface area contributed by atoms with E-state index in [4.69, 9.17) is 0 Å². The van der Waals surface area contributed by atoms with E-state index in [1.54, 1.807) is 23.9 Å². The third kappa shape index (κ3) is 1.61.